The second kappa shape index (κ2) is 15.0. The zero-order valence-corrected chi connectivity index (χ0v) is 32.3. The normalized spacial score (nSPS) is 27.7. The van der Waals surface area contributed by atoms with Gasteiger partial charge in [0.25, 0.3) is 0 Å². The van der Waals surface area contributed by atoms with Crippen molar-refractivity contribution in [3.63, 3.8) is 0 Å². The lowest BCUT2D eigenvalue weighted by Crippen LogP contribution is -2.44. The number of fused-ring (bicyclic) bond motifs is 3. The van der Waals surface area contributed by atoms with Crippen molar-refractivity contribution in [2.75, 3.05) is 42.2 Å². The third-order valence-electron chi connectivity index (χ3n) is 12.4. The summed E-state index contributed by atoms with van der Waals surface area (Å²) in [6, 6.07) is 0. The maximum absolute atomic E-state index is 13.9. The number of rotatable bonds is 12. The van der Waals surface area contributed by atoms with E-state index >= 15 is 0 Å². The van der Waals surface area contributed by atoms with Gasteiger partial charge >= 0.3 is 24.0 Å². The van der Waals surface area contributed by atoms with Crippen LogP contribution in [0.5, 0.6) is 17.2 Å². The fourth-order valence-corrected chi connectivity index (χ4v) is 10.1. The molecule has 0 bridgehead atoms. The largest absolute Gasteiger partial charge is 0.495 e. The molecule has 3 aliphatic carbocycles. The minimum absolute atomic E-state index is 0.00627. The van der Waals surface area contributed by atoms with Crippen LogP contribution < -0.4 is 14.2 Å². The van der Waals surface area contributed by atoms with E-state index in [0.29, 0.717) is 24.3 Å². The maximum atomic E-state index is 13.9. The summed E-state index contributed by atoms with van der Waals surface area (Å²) in [6.45, 7) is 12.6. The molecule has 52 heavy (non-hydrogen) atoms. The average molecular weight is 727 g/mol. The van der Waals surface area contributed by atoms with Crippen molar-refractivity contribution in [2.24, 2.45) is 46.3 Å². The van der Waals surface area contributed by atoms with Crippen LogP contribution in [0, 0.1) is 46.3 Å². The number of hydrogen-bond donors (Lipinski definition) is 0. The SMILES string of the molecule is COC(=O)c1c(OC)c(C(=O)OC)c(OC)c([C@H](CC(C)C)[C@]2(C)[C@@H]3[C@@H](C[C@@H]2OC(=O)n2ccnc2)[C@@H](COC(C)=O)CC[C@@H]2[C@H]3C2(C)C)c1OC. The van der Waals surface area contributed by atoms with E-state index < -0.39 is 35.5 Å². The number of ether oxygens (including phenoxy) is 7. The highest BCUT2D eigenvalue weighted by Gasteiger charge is 2.72. The number of nitrogens with zero attached hydrogens (tertiary/aromatic N) is 2. The molecule has 0 radical (unpaired) electrons. The van der Waals surface area contributed by atoms with Gasteiger partial charge in [0.15, 0.2) is 5.75 Å². The van der Waals surface area contributed by atoms with Crippen molar-refractivity contribution in [3.8, 4) is 17.2 Å². The number of hydrogen-bond acceptors (Lipinski definition) is 12. The number of benzene rings is 1. The maximum Gasteiger partial charge on any atom is 0.419 e. The first-order valence-electron chi connectivity index (χ1n) is 18.0. The van der Waals surface area contributed by atoms with Crippen LogP contribution in [-0.2, 0) is 23.7 Å². The van der Waals surface area contributed by atoms with Gasteiger partial charge in [0.2, 0.25) is 0 Å². The van der Waals surface area contributed by atoms with Crippen LogP contribution in [0.1, 0.15) is 99.4 Å². The fraction of sp³-hybridized carbons (Fsp3) is 0.667. The number of carbonyl (C=O) groups excluding carboxylic acids is 4. The molecule has 3 saturated carbocycles. The summed E-state index contributed by atoms with van der Waals surface area (Å²) in [5.74, 6) is -1.54. The van der Waals surface area contributed by atoms with Crippen LogP contribution in [0.4, 0.5) is 4.79 Å². The molecule has 8 atom stereocenters. The van der Waals surface area contributed by atoms with Crippen molar-refractivity contribution in [1.82, 2.24) is 9.55 Å². The Kier molecular flexibility index (Phi) is 11.2. The van der Waals surface area contributed by atoms with Crippen LogP contribution in [0.25, 0.3) is 0 Å². The van der Waals surface area contributed by atoms with E-state index in [9.17, 15) is 19.2 Å². The van der Waals surface area contributed by atoms with Crippen LogP contribution in [0.3, 0.4) is 0 Å². The zero-order valence-electron chi connectivity index (χ0n) is 32.3. The van der Waals surface area contributed by atoms with Crippen LogP contribution in [-0.4, -0.2) is 81.8 Å². The van der Waals surface area contributed by atoms with E-state index in [1.165, 1.54) is 59.6 Å². The number of esters is 3. The molecule has 0 N–H and O–H groups in total. The van der Waals surface area contributed by atoms with Crippen LogP contribution >= 0.6 is 0 Å². The molecule has 3 fully saturated rings. The minimum Gasteiger partial charge on any atom is -0.495 e. The monoisotopic (exact) mass is 726 g/mol. The minimum atomic E-state index is -0.837. The Bertz CT molecular complexity index is 1620. The summed E-state index contributed by atoms with van der Waals surface area (Å²) in [5.41, 5.74) is -0.550. The second-order valence-corrected chi connectivity index (χ2v) is 15.7. The first-order chi connectivity index (χ1) is 24.6. The van der Waals surface area contributed by atoms with Crippen LogP contribution in [0.2, 0.25) is 0 Å². The molecule has 3 aliphatic rings. The molecular weight excluding hydrogens is 672 g/mol. The number of methoxy groups -OCH3 is 5. The van der Waals surface area contributed by atoms with Crippen molar-refractivity contribution in [3.05, 3.63) is 35.4 Å². The molecule has 0 aliphatic heterocycles. The van der Waals surface area contributed by atoms with Crippen molar-refractivity contribution < 1.29 is 52.3 Å². The Hall–Kier alpha value is -4.29. The number of aromatic nitrogens is 2. The van der Waals surface area contributed by atoms with E-state index in [-0.39, 0.29) is 76.0 Å². The summed E-state index contributed by atoms with van der Waals surface area (Å²) >= 11 is 0. The molecule has 5 rings (SSSR count). The van der Waals surface area contributed by atoms with Gasteiger partial charge in [0, 0.05) is 36.2 Å². The summed E-state index contributed by atoms with van der Waals surface area (Å²) in [4.78, 5) is 57.4. The molecule has 1 aromatic carbocycles. The van der Waals surface area contributed by atoms with Crippen molar-refractivity contribution in [2.45, 2.75) is 79.2 Å². The van der Waals surface area contributed by atoms with Gasteiger partial charge in [-0.05, 0) is 66.6 Å². The molecule has 286 valence electrons. The summed E-state index contributed by atoms with van der Waals surface area (Å²) in [5, 5.41) is 0. The zero-order chi connectivity index (χ0) is 38.3. The lowest BCUT2D eigenvalue weighted by atomic mass is 9.59. The van der Waals surface area contributed by atoms with E-state index in [1.807, 2.05) is 0 Å². The molecule has 0 spiro atoms. The third-order valence-corrected chi connectivity index (χ3v) is 12.4. The smallest absolute Gasteiger partial charge is 0.419 e. The Balaban J connectivity index is 1.86. The highest BCUT2D eigenvalue weighted by Crippen LogP contribution is 2.76. The standard InChI is InChI=1S/C39H54N2O11/c1-20(2)16-25(27-32(46-7)28(35(43)49-10)34(48-9)29(33(27)47-8)36(44)50-11)39(6)26(52-37(45)41-15-14-40-19-41)17-23-22(18-51-21(3)42)12-13-24-31(30(23)39)38(24,4)5/h14-15,19-20,22-26,30-31H,12-13,16-18H2,1-11H3/t22-,23+,24-,25+,26+,30-,31-,39+/m1/s1. The van der Waals surface area contributed by atoms with Crippen molar-refractivity contribution >= 4 is 24.0 Å². The highest BCUT2D eigenvalue weighted by atomic mass is 16.6. The second-order valence-electron chi connectivity index (χ2n) is 15.7. The van der Waals surface area contributed by atoms with E-state index in [2.05, 4.69) is 39.6 Å². The lowest BCUT2D eigenvalue weighted by Gasteiger charge is -2.46. The predicted octanol–water partition coefficient (Wildman–Crippen LogP) is 6.55. The van der Waals surface area contributed by atoms with Gasteiger partial charge in [-0.15, -0.1) is 0 Å². The first kappa shape index (κ1) is 38.9. The lowest BCUT2D eigenvalue weighted by molar-refractivity contribution is -0.143. The molecule has 13 heteroatoms. The summed E-state index contributed by atoms with van der Waals surface area (Å²) in [7, 11) is 6.73. The van der Waals surface area contributed by atoms with Gasteiger partial charge in [0.05, 0.1) is 42.2 Å². The molecule has 1 heterocycles. The van der Waals surface area contributed by atoms with E-state index in [0.717, 1.165) is 12.8 Å². The summed E-state index contributed by atoms with van der Waals surface area (Å²) in [6.07, 6.45) is 6.12. The van der Waals surface area contributed by atoms with Gasteiger partial charge in [0.1, 0.15) is 35.1 Å². The topological polar surface area (TPSA) is 151 Å². The van der Waals surface area contributed by atoms with Crippen molar-refractivity contribution in [1.29, 1.82) is 0 Å². The fourth-order valence-electron chi connectivity index (χ4n) is 10.1. The number of carbonyl (C=O) groups is 4. The molecule has 0 saturated heterocycles. The molecule has 13 nitrogen and oxygen atoms in total. The van der Waals surface area contributed by atoms with Gasteiger partial charge in [-0.1, -0.05) is 34.6 Å². The quantitative estimate of drug-likeness (QED) is 0.172. The van der Waals surface area contributed by atoms with Gasteiger partial charge in [-0.3, -0.25) is 4.79 Å². The predicted molar refractivity (Wildman–Crippen MR) is 189 cm³/mol. The van der Waals surface area contributed by atoms with E-state index in [1.54, 1.807) is 6.20 Å². The Morgan fingerprint density at radius 3 is 1.96 bits per heavy atom. The van der Waals surface area contributed by atoms with E-state index in [4.69, 9.17) is 33.2 Å². The molecule has 1 aromatic heterocycles. The molecular formula is C39H54N2O11. The third kappa shape index (κ3) is 6.48. The Morgan fingerprint density at radius 1 is 0.885 bits per heavy atom. The van der Waals surface area contributed by atoms with Crippen LogP contribution in [0.15, 0.2) is 18.7 Å². The molecule has 2 aromatic rings. The first-order valence-corrected chi connectivity index (χ1v) is 18.0. The van der Waals surface area contributed by atoms with Gasteiger partial charge < -0.3 is 33.2 Å². The molecule has 0 unspecified atom stereocenters. The average Bonchev–Trinajstić information content (AvgIpc) is 3.40. The van der Waals surface area contributed by atoms with Gasteiger partial charge in [-0.2, -0.15) is 0 Å². The summed E-state index contributed by atoms with van der Waals surface area (Å²) < 4.78 is 42.1. The highest BCUT2D eigenvalue weighted by molar-refractivity contribution is 6.05. The Labute approximate surface area is 305 Å². The number of imidazole rings is 1. The molecule has 0 amide bonds. The Morgan fingerprint density at radius 2 is 1.48 bits per heavy atom. The van der Waals surface area contributed by atoms with Gasteiger partial charge in [-0.25, -0.2) is 23.9 Å².